The first-order valence-corrected chi connectivity index (χ1v) is 7.10. The highest BCUT2D eigenvalue weighted by Gasteiger charge is 2.29. The molecule has 2 amide bonds. The van der Waals surface area contributed by atoms with Crippen LogP contribution in [0.15, 0.2) is 0 Å². The van der Waals surface area contributed by atoms with Crippen LogP contribution < -0.4 is 0 Å². The predicted octanol–water partition coefficient (Wildman–Crippen LogP) is 1.86. The summed E-state index contributed by atoms with van der Waals surface area (Å²) < 4.78 is 0. The Hall–Kier alpha value is -0.0300. The lowest BCUT2D eigenvalue weighted by atomic mass is 10.2. The van der Waals surface area contributed by atoms with E-state index in [0.717, 1.165) is 37.7 Å². The number of nitrogens with zero attached hydrogens (tertiary/aromatic N) is 2. The van der Waals surface area contributed by atoms with E-state index >= 15 is 0 Å². The van der Waals surface area contributed by atoms with Crippen LogP contribution in [0.2, 0.25) is 0 Å². The van der Waals surface area contributed by atoms with Gasteiger partial charge in [-0.2, -0.15) is 25.3 Å². The van der Waals surface area contributed by atoms with Gasteiger partial charge in [-0.15, -0.1) is 0 Å². The van der Waals surface area contributed by atoms with Crippen molar-refractivity contribution in [1.82, 2.24) is 9.80 Å². The first-order valence-electron chi connectivity index (χ1n) is 5.84. The van der Waals surface area contributed by atoms with E-state index in [9.17, 15) is 4.79 Å². The first-order chi connectivity index (χ1) is 7.58. The van der Waals surface area contributed by atoms with Gasteiger partial charge in [0.2, 0.25) is 0 Å². The zero-order valence-corrected chi connectivity index (χ0v) is 11.9. The van der Waals surface area contributed by atoms with Gasteiger partial charge in [-0.1, -0.05) is 13.8 Å². The minimum atomic E-state index is 0.183. The van der Waals surface area contributed by atoms with Crippen LogP contribution in [0.3, 0.4) is 0 Å². The highest BCUT2D eigenvalue weighted by atomic mass is 32.1. The molecule has 0 spiro atoms. The fourth-order valence-corrected chi connectivity index (χ4v) is 2.07. The summed E-state index contributed by atoms with van der Waals surface area (Å²) in [6, 6.07) is 0.183. The Morgan fingerprint density at radius 2 is 1.44 bits per heavy atom. The van der Waals surface area contributed by atoms with Crippen LogP contribution in [0.4, 0.5) is 4.79 Å². The maximum absolute atomic E-state index is 12.0. The number of carbonyl (C=O) groups excluding carboxylic acids is 1. The number of hydrogen-bond donors (Lipinski definition) is 2. The largest absolute Gasteiger partial charge is 0.323 e. The van der Waals surface area contributed by atoms with Gasteiger partial charge in [-0.05, 0) is 23.3 Å². The van der Waals surface area contributed by atoms with Crippen molar-refractivity contribution >= 4 is 31.3 Å². The summed E-state index contributed by atoms with van der Waals surface area (Å²) in [4.78, 5) is 15.9. The van der Waals surface area contributed by atoms with Crippen molar-refractivity contribution in [2.75, 3.05) is 37.7 Å². The predicted molar refractivity (Wildman–Crippen MR) is 74.6 cm³/mol. The van der Waals surface area contributed by atoms with E-state index in [4.69, 9.17) is 0 Å². The summed E-state index contributed by atoms with van der Waals surface area (Å²) in [5.74, 6) is 2.59. The smallest absolute Gasteiger partial charge is 0.320 e. The molecule has 0 aromatic heterocycles. The van der Waals surface area contributed by atoms with Crippen molar-refractivity contribution in [3.63, 3.8) is 0 Å². The lowest BCUT2D eigenvalue weighted by molar-refractivity contribution is 0.184. The molecule has 1 heterocycles. The Morgan fingerprint density at radius 3 is 1.75 bits per heavy atom. The summed E-state index contributed by atoms with van der Waals surface area (Å²) in [5.41, 5.74) is 0. The molecule has 1 aliphatic heterocycles. The van der Waals surface area contributed by atoms with Gasteiger partial charge < -0.3 is 9.80 Å². The molecule has 0 radical (unpaired) electrons. The molecule has 2 unspecified atom stereocenters. The molecule has 0 bridgehead atoms. The highest BCUT2D eigenvalue weighted by Crippen LogP contribution is 2.14. The van der Waals surface area contributed by atoms with Crippen LogP contribution in [0.25, 0.3) is 0 Å². The molecule has 0 N–H and O–H groups in total. The Bertz CT molecular complexity index is 216. The van der Waals surface area contributed by atoms with Crippen molar-refractivity contribution in [3.05, 3.63) is 0 Å². The lowest BCUT2D eigenvalue weighted by Crippen LogP contribution is -2.36. The topological polar surface area (TPSA) is 23.6 Å². The zero-order chi connectivity index (χ0) is 12.1. The highest BCUT2D eigenvalue weighted by molar-refractivity contribution is 7.80. The van der Waals surface area contributed by atoms with Gasteiger partial charge in [0.05, 0.1) is 0 Å². The van der Waals surface area contributed by atoms with Gasteiger partial charge in [0.15, 0.2) is 0 Å². The fourth-order valence-electron chi connectivity index (χ4n) is 1.84. The Morgan fingerprint density at radius 1 is 1.06 bits per heavy atom. The van der Waals surface area contributed by atoms with Gasteiger partial charge in [-0.25, -0.2) is 4.79 Å². The average molecular weight is 262 g/mol. The molecule has 0 saturated carbocycles. The van der Waals surface area contributed by atoms with Gasteiger partial charge in [0.1, 0.15) is 0 Å². The Labute approximate surface area is 109 Å². The fraction of sp³-hybridized carbons (Fsp3) is 0.909. The summed E-state index contributed by atoms with van der Waals surface area (Å²) in [6.07, 6.45) is 0. The van der Waals surface area contributed by atoms with Crippen molar-refractivity contribution in [2.24, 2.45) is 11.8 Å². The number of amides is 2. The van der Waals surface area contributed by atoms with Gasteiger partial charge in [0, 0.05) is 26.2 Å². The van der Waals surface area contributed by atoms with Crippen molar-refractivity contribution in [3.8, 4) is 0 Å². The van der Waals surface area contributed by atoms with E-state index in [1.54, 1.807) is 0 Å². The van der Waals surface area contributed by atoms with Gasteiger partial charge in [-0.3, -0.25) is 0 Å². The van der Waals surface area contributed by atoms with E-state index < -0.39 is 0 Å². The minimum absolute atomic E-state index is 0.183. The Kier molecular flexibility index (Phi) is 5.83. The zero-order valence-electron chi connectivity index (χ0n) is 10.1. The third-order valence-corrected chi connectivity index (χ3v) is 4.12. The van der Waals surface area contributed by atoms with E-state index in [1.807, 2.05) is 9.80 Å². The van der Waals surface area contributed by atoms with Crippen LogP contribution in [-0.4, -0.2) is 53.5 Å². The van der Waals surface area contributed by atoms with Crippen LogP contribution in [0.1, 0.15) is 13.8 Å². The molecule has 2 atom stereocenters. The summed E-state index contributed by atoms with van der Waals surface area (Å²) in [5, 5.41) is 0. The standard InChI is InChI=1S/C11H22N2OS2/c1-9(7-15)5-12-3-4-13(11(12)14)6-10(2)8-16/h9-10,15-16H,3-8H2,1-2H3. The average Bonchev–Trinajstić information content (AvgIpc) is 2.61. The van der Waals surface area contributed by atoms with Crippen LogP contribution in [0, 0.1) is 11.8 Å². The molecule has 3 nitrogen and oxygen atoms in total. The second-order valence-corrected chi connectivity index (χ2v) is 5.48. The van der Waals surface area contributed by atoms with Crippen LogP contribution in [-0.2, 0) is 0 Å². The summed E-state index contributed by atoms with van der Waals surface area (Å²) in [6.45, 7) is 7.62. The van der Waals surface area contributed by atoms with Gasteiger partial charge in [0.25, 0.3) is 0 Å². The minimum Gasteiger partial charge on any atom is -0.323 e. The SMILES string of the molecule is CC(CS)CN1CCN(CC(C)CS)C1=O. The lowest BCUT2D eigenvalue weighted by Gasteiger charge is -2.22. The number of rotatable bonds is 6. The van der Waals surface area contributed by atoms with E-state index in [2.05, 4.69) is 39.1 Å². The quantitative estimate of drug-likeness (QED) is 0.701. The molecular weight excluding hydrogens is 240 g/mol. The van der Waals surface area contributed by atoms with Gasteiger partial charge >= 0.3 is 6.03 Å². The van der Waals surface area contributed by atoms with Crippen molar-refractivity contribution < 1.29 is 4.79 Å². The molecule has 0 aromatic rings. The number of thiol groups is 2. The number of carbonyl (C=O) groups is 1. The van der Waals surface area contributed by atoms with Crippen LogP contribution >= 0.6 is 25.3 Å². The van der Waals surface area contributed by atoms with Crippen molar-refractivity contribution in [1.29, 1.82) is 0 Å². The maximum Gasteiger partial charge on any atom is 0.320 e. The maximum atomic E-state index is 12.0. The Balaban J connectivity index is 2.41. The van der Waals surface area contributed by atoms with Crippen molar-refractivity contribution in [2.45, 2.75) is 13.8 Å². The second-order valence-electron chi connectivity index (χ2n) is 4.75. The summed E-state index contributed by atoms with van der Waals surface area (Å²) >= 11 is 8.50. The molecule has 1 saturated heterocycles. The monoisotopic (exact) mass is 262 g/mol. The normalized spacial score (nSPS) is 20.4. The molecule has 5 heteroatoms. The number of urea groups is 1. The molecule has 1 fully saturated rings. The molecule has 0 aliphatic carbocycles. The first kappa shape index (κ1) is 14.0. The molecule has 1 aliphatic rings. The second kappa shape index (κ2) is 6.64. The molecule has 16 heavy (non-hydrogen) atoms. The van der Waals surface area contributed by atoms with E-state index in [0.29, 0.717) is 11.8 Å². The van der Waals surface area contributed by atoms with E-state index in [1.165, 1.54) is 0 Å². The van der Waals surface area contributed by atoms with Crippen LogP contribution in [0.5, 0.6) is 0 Å². The summed E-state index contributed by atoms with van der Waals surface area (Å²) in [7, 11) is 0. The molecular formula is C11H22N2OS2. The molecule has 1 rings (SSSR count). The van der Waals surface area contributed by atoms with E-state index in [-0.39, 0.29) is 6.03 Å². The number of hydrogen-bond acceptors (Lipinski definition) is 3. The third kappa shape index (κ3) is 3.77. The molecule has 0 aromatic carbocycles. The third-order valence-electron chi connectivity index (χ3n) is 2.87. The molecule has 94 valence electrons.